The minimum absolute atomic E-state index is 0.635. The van der Waals surface area contributed by atoms with E-state index < -0.39 is 0 Å². The van der Waals surface area contributed by atoms with Crippen molar-refractivity contribution in [3.05, 3.63) is 17.8 Å². The molecule has 3 heteroatoms. The van der Waals surface area contributed by atoms with Gasteiger partial charge >= 0.3 is 0 Å². The maximum Gasteiger partial charge on any atom is 0.118 e. The van der Waals surface area contributed by atoms with E-state index in [9.17, 15) is 0 Å². The molecule has 1 aromatic heterocycles. The van der Waals surface area contributed by atoms with Gasteiger partial charge in [-0.05, 0) is 17.9 Å². The molecule has 0 aliphatic heterocycles. The highest BCUT2D eigenvalue weighted by molar-refractivity contribution is 7.99. The molecule has 0 amide bonds. The van der Waals surface area contributed by atoms with E-state index in [4.69, 9.17) is 5.26 Å². The molecule has 2 nitrogen and oxygen atoms in total. The smallest absolute Gasteiger partial charge is 0.118 e. The summed E-state index contributed by atoms with van der Waals surface area (Å²) in [6.07, 6.45) is 0. The lowest BCUT2D eigenvalue weighted by Gasteiger charge is -1.88. The normalized spacial score (nSPS) is 9.20. The van der Waals surface area contributed by atoms with Crippen molar-refractivity contribution in [1.29, 1.82) is 5.26 Å². The van der Waals surface area contributed by atoms with Crippen LogP contribution >= 0.6 is 11.8 Å². The summed E-state index contributed by atoms with van der Waals surface area (Å²) in [5.41, 5.74) is 0.635. The molecule has 0 aliphatic rings. The van der Waals surface area contributed by atoms with Crippen molar-refractivity contribution in [2.24, 2.45) is 0 Å². The van der Waals surface area contributed by atoms with Gasteiger partial charge in [0.05, 0.1) is 5.03 Å². The number of nitrogens with one attached hydrogen (secondary N) is 1. The summed E-state index contributed by atoms with van der Waals surface area (Å²) >= 11 is 1.70. The van der Waals surface area contributed by atoms with Crippen LogP contribution in [-0.2, 0) is 0 Å². The fourth-order valence-electron chi connectivity index (χ4n) is 0.680. The summed E-state index contributed by atoms with van der Waals surface area (Å²) in [5.74, 6) is 1.03. The number of nitriles is 1. The van der Waals surface area contributed by atoms with E-state index >= 15 is 0 Å². The first-order valence-electron chi connectivity index (χ1n) is 3.08. The zero-order valence-corrected chi connectivity index (χ0v) is 6.53. The van der Waals surface area contributed by atoms with E-state index in [1.54, 1.807) is 17.8 Å². The first-order valence-corrected chi connectivity index (χ1v) is 4.07. The molecule has 0 saturated carbocycles. The highest BCUT2D eigenvalue weighted by Gasteiger charge is 1.94. The highest BCUT2D eigenvalue weighted by atomic mass is 32.2. The van der Waals surface area contributed by atoms with Crippen LogP contribution in [0.1, 0.15) is 12.6 Å². The van der Waals surface area contributed by atoms with Gasteiger partial charge in [-0.3, -0.25) is 0 Å². The molecule has 0 spiro atoms. The maximum atomic E-state index is 8.43. The Morgan fingerprint density at radius 3 is 3.00 bits per heavy atom. The lowest BCUT2D eigenvalue weighted by molar-refractivity contribution is 1.17. The molecule has 1 N–H and O–H groups in total. The van der Waals surface area contributed by atoms with Crippen LogP contribution in [0.2, 0.25) is 0 Å². The average molecular weight is 152 g/mol. The van der Waals surface area contributed by atoms with E-state index in [1.807, 2.05) is 12.1 Å². The summed E-state index contributed by atoms with van der Waals surface area (Å²) in [5, 5.41) is 9.50. The maximum absolute atomic E-state index is 8.43. The topological polar surface area (TPSA) is 39.6 Å². The monoisotopic (exact) mass is 152 g/mol. The first-order chi connectivity index (χ1) is 4.86. The Bertz CT molecular complexity index is 246. The number of aromatic amines is 1. The largest absolute Gasteiger partial charge is 0.342 e. The second-order valence-electron chi connectivity index (χ2n) is 1.78. The Labute approximate surface area is 64.3 Å². The van der Waals surface area contributed by atoms with Gasteiger partial charge in [0.2, 0.25) is 0 Å². The Morgan fingerprint density at radius 1 is 1.70 bits per heavy atom. The number of aromatic nitrogens is 1. The van der Waals surface area contributed by atoms with Gasteiger partial charge in [0.15, 0.2) is 0 Å². The van der Waals surface area contributed by atoms with Gasteiger partial charge in [-0.15, -0.1) is 11.8 Å². The van der Waals surface area contributed by atoms with Gasteiger partial charge in [0.1, 0.15) is 11.8 Å². The van der Waals surface area contributed by atoms with Gasteiger partial charge in [0.25, 0.3) is 0 Å². The van der Waals surface area contributed by atoms with Crippen molar-refractivity contribution in [3.63, 3.8) is 0 Å². The number of nitrogens with zero attached hydrogens (tertiary/aromatic N) is 1. The van der Waals surface area contributed by atoms with Crippen molar-refractivity contribution in [1.82, 2.24) is 4.98 Å². The van der Waals surface area contributed by atoms with Gasteiger partial charge in [-0.1, -0.05) is 6.92 Å². The van der Waals surface area contributed by atoms with Crippen LogP contribution in [0.3, 0.4) is 0 Å². The summed E-state index contributed by atoms with van der Waals surface area (Å²) in [7, 11) is 0. The molecule has 0 unspecified atom stereocenters. The Morgan fingerprint density at radius 2 is 2.50 bits per heavy atom. The third-order valence-electron chi connectivity index (χ3n) is 1.08. The molecule has 1 heterocycles. The van der Waals surface area contributed by atoms with E-state index in [0.717, 1.165) is 10.8 Å². The molecule has 1 aromatic rings. The van der Waals surface area contributed by atoms with Crippen LogP contribution in [0, 0.1) is 11.3 Å². The molecular weight excluding hydrogens is 144 g/mol. The number of hydrogen-bond acceptors (Lipinski definition) is 2. The predicted octanol–water partition coefficient (Wildman–Crippen LogP) is 2.00. The Balaban J connectivity index is 2.71. The third kappa shape index (κ3) is 1.55. The third-order valence-corrected chi connectivity index (χ3v) is 1.92. The van der Waals surface area contributed by atoms with E-state index in [0.29, 0.717) is 5.69 Å². The van der Waals surface area contributed by atoms with Crippen LogP contribution in [-0.4, -0.2) is 10.7 Å². The molecule has 0 atom stereocenters. The Hall–Kier alpha value is -0.880. The standard InChI is InChI=1S/C7H8N2S/c1-2-10-7-4-3-6(5-8)9-7/h3-4,9H,2H2,1H3. The van der Waals surface area contributed by atoms with E-state index in [-0.39, 0.29) is 0 Å². The van der Waals surface area contributed by atoms with Crippen molar-refractivity contribution in [3.8, 4) is 6.07 Å². The summed E-state index contributed by atoms with van der Waals surface area (Å²) in [6, 6.07) is 5.75. The molecule has 10 heavy (non-hydrogen) atoms. The minimum Gasteiger partial charge on any atom is -0.342 e. The van der Waals surface area contributed by atoms with Gasteiger partial charge in [-0.2, -0.15) is 5.26 Å². The minimum atomic E-state index is 0.635. The average Bonchev–Trinajstić information content (AvgIpc) is 2.37. The fourth-order valence-corrected chi connectivity index (χ4v) is 1.34. The van der Waals surface area contributed by atoms with Gasteiger partial charge in [-0.25, -0.2) is 0 Å². The quantitative estimate of drug-likeness (QED) is 0.658. The lowest BCUT2D eigenvalue weighted by atomic mass is 10.5. The summed E-state index contributed by atoms with van der Waals surface area (Å²) in [4.78, 5) is 2.97. The molecule has 0 aliphatic carbocycles. The number of H-pyrrole nitrogens is 1. The van der Waals surface area contributed by atoms with Crippen LogP contribution in [0.4, 0.5) is 0 Å². The SMILES string of the molecule is CCSc1ccc(C#N)[nH]1. The number of rotatable bonds is 2. The Kier molecular flexibility index (Phi) is 2.41. The lowest BCUT2D eigenvalue weighted by Crippen LogP contribution is -1.73. The second-order valence-corrected chi connectivity index (χ2v) is 3.09. The molecule has 0 saturated heterocycles. The summed E-state index contributed by atoms with van der Waals surface area (Å²) in [6.45, 7) is 2.08. The van der Waals surface area contributed by atoms with E-state index in [2.05, 4.69) is 11.9 Å². The molecule has 0 aromatic carbocycles. The highest BCUT2D eigenvalue weighted by Crippen LogP contribution is 2.15. The molecular formula is C7H8N2S. The molecule has 0 bridgehead atoms. The predicted molar refractivity (Wildman–Crippen MR) is 41.9 cm³/mol. The van der Waals surface area contributed by atoms with Crippen molar-refractivity contribution in [2.75, 3.05) is 5.75 Å². The van der Waals surface area contributed by atoms with Crippen molar-refractivity contribution in [2.45, 2.75) is 11.9 Å². The van der Waals surface area contributed by atoms with Crippen LogP contribution < -0.4 is 0 Å². The zero-order valence-electron chi connectivity index (χ0n) is 5.72. The number of thioether (sulfide) groups is 1. The second kappa shape index (κ2) is 3.33. The molecule has 52 valence electrons. The zero-order chi connectivity index (χ0) is 7.40. The van der Waals surface area contributed by atoms with Crippen LogP contribution in [0.25, 0.3) is 0 Å². The fraction of sp³-hybridized carbons (Fsp3) is 0.286. The van der Waals surface area contributed by atoms with Crippen molar-refractivity contribution < 1.29 is 0 Å². The van der Waals surface area contributed by atoms with Gasteiger partial charge < -0.3 is 4.98 Å². The van der Waals surface area contributed by atoms with E-state index in [1.165, 1.54) is 0 Å². The van der Waals surface area contributed by atoms with Crippen molar-refractivity contribution >= 4 is 11.8 Å². The van der Waals surface area contributed by atoms with Crippen LogP contribution in [0.15, 0.2) is 17.2 Å². The number of hydrogen-bond donors (Lipinski definition) is 1. The molecule has 0 fully saturated rings. The first kappa shape index (κ1) is 7.23. The summed E-state index contributed by atoms with van der Waals surface area (Å²) < 4.78 is 0. The van der Waals surface area contributed by atoms with Crippen LogP contribution in [0.5, 0.6) is 0 Å². The van der Waals surface area contributed by atoms with Gasteiger partial charge in [0, 0.05) is 0 Å². The molecule has 1 rings (SSSR count). The molecule has 0 radical (unpaired) electrons.